The Labute approximate surface area is 120 Å². The zero-order chi connectivity index (χ0) is 13.7. The number of carbonyl (C=O) groups excluding carboxylic acids is 1. The molecule has 4 aliphatic carbocycles. The number of Topliss-reactive ketones (excluding diaryl/α,β-unsaturated/α-hetero) is 1. The van der Waals surface area contributed by atoms with Crippen LogP contribution in [0.15, 0.2) is 12.4 Å². The second kappa shape index (κ2) is 4.44. The molecule has 4 bridgehead atoms. The molecule has 1 heterocycles. The van der Waals surface area contributed by atoms with Crippen LogP contribution in [-0.2, 0) is 17.8 Å². The molecule has 0 saturated heterocycles. The Morgan fingerprint density at radius 1 is 1.25 bits per heavy atom. The highest BCUT2D eigenvalue weighted by Gasteiger charge is 2.54. The Kier molecular flexibility index (Phi) is 2.80. The summed E-state index contributed by atoms with van der Waals surface area (Å²) in [5, 5.41) is 0. The SMILES string of the molecule is CCn1ccnc1CC(=O)C12CC3CC(CC(C3)C1)C2. The summed E-state index contributed by atoms with van der Waals surface area (Å²) < 4.78 is 2.11. The molecule has 4 fully saturated rings. The van der Waals surface area contributed by atoms with Crippen LogP contribution in [0.1, 0.15) is 51.3 Å². The fourth-order valence-corrected chi connectivity index (χ4v) is 5.58. The average molecular weight is 272 g/mol. The molecular formula is C17H24N2O. The van der Waals surface area contributed by atoms with Crippen molar-refractivity contribution in [3.63, 3.8) is 0 Å². The molecular weight excluding hydrogens is 248 g/mol. The molecule has 0 aromatic carbocycles. The van der Waals surface area contributed by atoms with Crippen molar-refractivity contribution in [3.05, 3.63) is 18.2 Å². The first-order valence-electron chi connectivity index (χ1n) is 8.22. The van der Waals surface area contributed by atoms with Gasteiger partial charge in [0.1, 0.15) is 11.6 Å². The topological polar surface area (TPSA) is 34.9 Å². The van der Waals surface area contributed by atoms with Gasteiger partial charge in [-0.3, -0.25) is 4.79 Å². The summed E-state index contributed by atoms with van der Waals surface area (Å²) in [6.07, 6.45) is 12.1. The van der Waals surface area contributed by atoms with Crippen molar-refractivity contribution in [2.24, 2.45) is 23.2 Å². The number of ketones is 1. The monoisotopic (exact) mass is 272 g/mol. The number of carbonyl (C=O) groups is 1. The third-order valence-electron chi connectivity index (χ3n) is 6.09. The van der Waals surface area contributed by atoms with Gasteiger partial charge in [0, 0.05) is 24.4 Å². The molecule has 0 atom stereocenters. The van der Waals surface area contributed by atoms with Gasteiger partial charge in [0.05, 0.1) is 6.42 Å². The van der Waals surface area contributed by atoms with Gasteiger partial charge in [-0.25, -0.2) is 4.98 Å². The van der Waals surface area contributed by atoms with E-state index in [-0.39, 0.29) is 5.41 Å². The van der Waals surface area contributed by atoms with Crippen molar-refractivity contribution in [1.82, 2.24) is 9.55 Å². The second-order valence-electron chi connectivity index (χ2n) is 7.43. The molecule has 0 amide bonds. The molecule has 1 aromatic heterocycles. The quantitative estimate of drug-likeness (QED) is 0.843. The van der Waals surface area contributed by atoms with Crippen LogP contribution < -0.4 is 0 Å². The van der Waals surface area contributed by atoms with Gasteiger partial charge in [0.15, 0.2) is 0 Å². The van der Waals surface area contributed by atoms with Crippen molar-refractivity contribution in [3.8, 4) is 0 Å². The molecule has 108 valence electrons. The Morgan fingerprint density at radius 2 is 1.85 bits per heavy atom. The number of imidazole rings is 1. The predicted octanol–water partition coefficient (Wildman–Crippen LogP) is 3.23. The van der Waals surface area contributed by atoms with Gasteiger partial charge in [-0.1, -0.05) is 0 Å². The summed E-state index contributed by atoms with van der Waals surface area (Å²) in [6, 6.07) is 0. The van der Waals surface area contributed by atoms with E-state index in [1.54, 1.807) is 0 Å². The number of aryl methyl sites for hydroxylation is 1. The zero-order valence-corrected chi connectivity index (χ0v) is 12.3. The summed E-state index contributed by atoms with van der Waals surface area (Å²) in [5.41, 5.74) is 0.0271. The lowest BCUT2D eigenvalue weighted by Gasteiger charge is -2.56. The fraction of sp³-hybridized carbons (Fsp3) is 0.765. The second-order valence-corrected chi connectivity index (χ2v) is 7.43. The van der Waals surface area contributed by atoms with E-state index in [1.165, 1.54) is 38.5 Å². The van der Waals surface area contributed by atoms with E-state index in [0.29, 0.717) is 12.2 Å². The molecule has 1 aromatic rings. The molecule has 0 N–H and O–H groups in total. The maximum Gasteiger partial charge on any atom is 0.146 e. The number of aromatic nitrogens is 2. The highest BCUT2D eigenvalue weighted by Crippen LogP contribution is 2.60. The summed E-state index contributed by atoms with van der Waals surface area (Å²) >= 11 is 0. The first-order valence-corrected chi connectivity index (χ1v) is 8.22. The first-order chi connectivity index (χ1) is 9.68. The van der Waals surface area contributed by atoms with E-state index in [4.69, 9.17) is 0 Å². The highest BCUT2D eigenvalue weighted by atomic mass is 16.1. The van der Waals surface area contributed by atoms with Crippen LogP contribution in [0.2, 0.25) is 0 Å². The van der Waals surface area contributed by atoms with E-state index in [1.807, 2.05) is 12.4 Å². The molecule has 0 unspecified atom stereocenters. The van der Waals surface area contributed by atoms with Crippen LogP contribution in [0.25, 0.3) is 0 Å². The van der Waals surface area contributed by atoms with Crippen LogP contribution in [0.4, 0.5) is 0 Å². The largest absolute Gasteiger partial charge is 0.335 e. The maximum absolute atomic E-state index is 13.0. The smallest absolute Gasteiger partial charge is 0.146 e. The van der Waals surface area contributed by atoms with E-state index in [9.17, 15) is 4.79 Å². The summed E-state index contributed by atoms with van der Waals surface area (Å²) in [4.78, 5) is 17.4. The number of hydrogen-bond acceptors (Lipinski definition) is 2. The molecule has 0 spiro atoms. The molecule has 4 aliphatic rings. The van der Waals surface area contributed by atoms with Crippen LogP contribution in [0, 0.1) is 23.2 Å². The Hall–Kier alpha value is -1.12. The zero-order valence-electron chi connectivity index (χ0n) is 12.3. The minimum Gasteiger partial charge on any atom is -0.335 e. The molecule has 0 radical (unpaired) electrons. The van der Waals surface area contributed by atoms with Crippen molar-refractivity contribution in [2.75, 3.05) is 0 Å². The van der Waals surface area contributed by atoms with Crippen molar-refractivity contribution >= 4 is 5.78 Å². The van der Waals surface area contributed by atoms with Crippen molar-refractivity contribution in [1.29, 1.82) is 0 Å². The summed E-state index contributed by atoms with van der Waals surface area (Å²) in [5.74, 6) is 3.98. The lowest BCUT2D eigenvalue weighted by molar-refractivity contribution is -0.143. The van der Waals surface area contributed by atoms with Crippen LogP contribution >= 0.6 is 0 Å². The molecule has 5 rings (SSSR count). The van der Waals surface area contributed by atoms with E-state index in [2.05, 4.69) is 16.5 Å². The fourth-order valence-electron chi connectivity index (χ4n) is 5.58. The minimum atomic E-state index is 0.0271. The lowest BCUT2D eigenvalue weighted by Crippen LogP contribution is -2.50. The molecule has 20 heavy (non-hydrogen) atoms. The van der Waals surface area contributed by atoms with E-state index in [0.717, 1.165) is 30.1 Å². The van der Waals surface area contributed by atoms with Gasteiger partial charge in [0.2, 0.25) is 0 Å². The van der Waals surface area contributed by atoms with Gasteiger partial charge in [-0.2, -0.15) is 0 Å². The Bertz CT molecular complexity index is 496. The lowest BCUT2D eigenvalue weighted by atomic mass is 9.48. The molecule has 0 aliphatic heterocycles. The summed E-state index contributed by atoms with van der Waals surface area (Å²) in [7, 11) is 0. The maximum atomic E-state index is 13.0. The van der Waals surface area contributed by atoms with Crippen LogP contribution in [0.3, 0.4) is 0 Å². The van der Waals surface area contributed by atoms with Gasteiger partial charge < -0.3 is 4.57 Å². The van der Waals surface area contributed by atoms with Gasteiger partial charge in [0.25, 0.3) is 0 Å². The van der Waals surface area contributed by atoms with Gasteiger partial charge in [-0.15, -0.1) is 0 Å². The predicted molar refractivity (Wildman–Crippen MR) is 77.2 cm³/mol. The van der Waals surface area contributed by atoms with Crippen molar-refractivity contribution in [2.45, 2.75) is 58.4 Å². The van der Waals surface area contributed by atoms with Gasteiger partial charge >= 0.3 is 0 Å². The van der Waals surface area contributed by atoms with Crippen LogP contribution in [-0.4, -0.2) is 15.3 Å². The number of rotatable bonds is 4. The first kappa shape index (κ1) is 12.6. The third kappa shape index (κ3) is 1.86. The number of nitrogens with zero attached hydrogens (tertiary/aromatic N) is 2. The summed E-state index contributed by atoms with van der Waals surface area (Å²) in [6.45, 7) is 3.02. The molecule has 3 heteroatoms. The van der Waals surface area contributed by atoms with Gasteiger partial charge in [-0.05, 0) is 63.2 Å². The Morgan fingerprint density at radius 3 is 2.40 bits per heavy atom. The molecule has 3 nitrogen and oxygen atoms in total. The minimum absolute atomic E-state index is 0.0271. The normalized spacial score (nSPS) is 38.4. The van der Waals surface area contributed by atoms with Crippen molar-refractivity contribution < 1.29 is 4.79 Å². The van der Waals surface area contributed by atoms with Crippen LogP contribution in [0.5, 0.6) is 0 Å². The van der Waals surface area contributed by atoms with E-state index >= 15 is 0 Å². The average Bonchev–Trinajstić information content (AvgIpc) is 2.84. The molecule has 4 saturated carbocycles. The number of hydrogen-bond donors (Lipinski definition) is 0. The standard InChI is InChI=1S/C17H24N2O/c1-2-19-4-3-18-16(19)8-15(20)17-9-12-5-13(10-17)7-14(6-12)11-17/h3-4,12-14H,2,5-11H2,1H3. The highest BCUT2D eigenvalue weighted by molar-refractivity contribution is 5.86. The van der Waals surface area contributed by atoms with E-state index < -0.39 is 0 Å². The third-order valence-corrected chi connectivity index (χ3v) is 6.09. The Balaban J connectivity index is 1.56.